The molecule has 3 aromatic carbocycles. The van der Waals surface area contributed by atoms with Crippen LogP contribution in [0.2, 0.25) is 0 Å². The van der Waals surface area contributed by atoms with Crippen molar-refractivity contribution in [1.82, 2.24) is 0 Å². The maximum Gasteiger partial charge on any atom is 0.141 e. The highest BCUT2D eigenvalue weighted by atomic mass is 16.3. The Morgan fingerprint density at radius 2 is 1.45 bits per heavy atom. The highest BCUT2D eigenvalue weighted by molar-refractivity contribution is 5.86. The van der Waals surface area contributed by atoms with Crippen LogP contribution in [0.1, 0.15) is 17.2 Å². The Morgan fingerprint density at radius 1 is 0.750 bits per heavy atom. The van der Waals surface area contributed by atoms with E-state index in [1.807, 2.05) is 72.8 Å². The summed E-state index contributed by atoms with van der Waals surface area (Å²) in [5, 5.41) is 12.5. The van der Waals surface area contributed by atoms with Crippen LogP contribution < -0.4 is 0 Å². The number of aliphatic hydroxyl groups excluding tert-OH is 1. The van der Waals surface area contributed by atoms with Gasteiger partial charge in [0, 0.05) is 11.1 Å². The van der Waals surface area contributed by atoms with Gasteiger partial charge in [0.2, 0.25) is 0 Å². The first-order valence-electron chi connectivity index (χ1n) is 6.57. The summed E-state index contributed by atoms with van der Waals surface area (Å²) in [4.78, 5) is 0. The van der Waals surface area contributed by atoms with Crippen molar-refractivity contribution in [2.75, 3.05) is 0 Å². The Kier molecular flexibility index (Phi) is 3.50. The topological polar surface area (TPSA) is 20.2 Å². The third kappa shape index (κ3) is 2.56. The van der Waals surface area contributed by atoms with Crippen LogP contribution in [0.15, 0.2) is 72.8 Å². The second-order valence-electron chi connectivity index (χ2n) is 4.61. The molecule has 0 amide bonds. The van der Waals surface area contributed by atoms with Crippen molar-refractivity contribution in [3.8, 4) is 11.8 Å². The molecule has 1 nitrogen and oxygen atoms in total. The van der Waals surface area contributed by atoms with Gasteiger partial charge in [-0.3, -0.25) is 0 Å². The summed E-state index contributed by atoms with van der Waals surface area (Å²) in [5.41, 5.74) is 1.76. The Bertz CT molecular complexity index is 773. The Labute approximate surface area is 118 Å². The van der Waals surface area contributed by atoms with E-state index in [2.05, 4.69) is 11.8 Å². The van der Waals surface area contributed by atoms with Crippen molar-refractivity contribution in [3.63, 3.8) is 0 Å². The number of aliphatic hydroxyl groups is 1. The quantitative estimate of drug-likeness (QED) is 0.656. The van der Waals surface area contributed by atoms with Gasteiger partial charge >= 0.3 is 0 Å². The molecule has 0 bridgehead atoms. The summed E-state index contributed by atoms with van der Waals surface area (Å²) >= 11 is 0. The molecule has 0 heterocycles. The molecular formula is C19H14O. The summed E-state index contributed by atoms with van der Waals surface area (Å²) in [6.07, 6.45) is -0.777. The summed E-state index contributed by atoms with van der Waals surface area (Å²) in [7, 11) is 0. The summed E-state index contributed by atoms with van der Waals surface area (Å²) < 4.78 is 0. The van der Waals surface area contributed by atoms with E-state index >= 15 is 0 Å². The molecule has 0 saturated carbocycles. The first kappa shape index (κ1) is 12.5. The van der Waals surface area contributed by atoms with Gasteiger partial charge in [0.15, 0.2) is 0 Å². The predicted octanol–water partition coefficient (Wildman–Crippen LogP) is 3.92. The fourth-order valence-corrected chi connectivity index (χ4v) is 2.24. The number of benzene rings is 3. The number of hydrogen-bond donors (Lipinski definition) is 1. The van der Waals surface area contributed by atoms with Gasteiger partial charge in [-0.25, -0.2) is 0 Å². The molecule has 0 saturated heterocycles. The normalized spacial score (nSPS) is 11.7. The minimum Gasteiger partial charge on any atom is -0.376 e. The Balaban J connectivity index is 1.98. The third-order valence-corrected chi connectivity index (χ3v) is 3.24. The Morgan fingerprint density at radius 3 is 2.30 bits per heavy atom. The minimum absolute atomic E-state index is 0.777. The lowest BCUT2D eigenvalue weighted by molar-refractivity contribution is 0.240. The van der Waals surface area contributed by atoms with E-state index in [0.29, 0.717) is 0 Å². The van der Waals surface area contributed by atoms with Crippen LogP contribution >= 0.6 is 0 Å². The van der Waals surface area contributed by atoms with Gasteiger partial charge in [0.25, 0.3) is 0 Å². The summed E-state index contributed by atoms with van der Waals surface area (Å²) in [6, 6.07) is 23.6. The van der Waals surface area contributed by atoms with Crippen molar-refractivity contribution in [2.24, 2.45) is 0 Å². The van der Waals surface area contributed by atoms with Crippen molar-refractivity contribution in [3.05, 3.63) is 83.9 Å². The second-order valence-corrected chi connectivity index (χ2v) is 4.61. The molecule has 0 fully saturated rings. The fourth-order valence-electron chi connectivity index (χ4n) is 2.24. The molecule has 1 atom stereocenters. The predicted molar refractivity (Wildman–Crippen MR) is 82.2 cm³/mol. The molecule has 0 aliphatic heterocycles. The molecule has 20 heavy (non-hydrogen) atoms. The van der Waals surface area contributed by atoms with Crippen LogP contribution in [0.25, 0.3) is 10.8 Å². The van der Waals surface area contributed by atoms with Gasteiger partial charge < -0.3 is 5.11 Å². The number of fused-ring (bicyclic) bond motifs is 1. The van der Waals surface area contributed by atoms with Gasteiger partial charge in [0.05, 0.1) is 0 Å². The molecule has 1 heteroatoms. The van der Waals surface area contributed by atoms with Crippen molar-refractivity contribution < 1.29 is 5.11 Å². The molecule has 3 rings (SSSR count). The zero-order chi connectivity index (χ0) is 13.8. The van der Waals surface area contributed by atoms with Gasteiger partial charge in [-0.05, 0) is 22.9 Å². The zero-order valence-electron chi connectivity index (χ0n) is 11.0. The number of rotatable bonds is 1. The molecule has 0 aliphatic carbocycles. The van der Waals surface area contributed by atoms with Crippen molar-refractivity contribution >= 4 is 10.8 Å². The average Bonchev–Trinajstić information content (AvgIpc) is 2.53. The highest BCUT2D eigenvalue weighted by Gasteiger charge is 2.07. The molecular weight excluding hydrogens is 244 g/mol. The molecule has 96 valence electrons. The smallest absolute Gasteiger partial charge is 0.141 e. The number of hydrogen-bond acceptors (Lipinski definition) is 1. The summed E-state index contributed by atoms with van der Waals surface area (Å²) in [5.74, 6) is 5.92. The van der Waals surface area contributed by atoms with Crippen LogP contribution in [0.4, 0.5) is 0 Å². The van der Waals surface area contributed by atoms with Gasteiger partial charge in [-0.15, -0.1) is 0 Å². The SMILES string of the molecule is O[C@@H](C#Cc1ccccc1)c1cccc2ccccc12. The van der Waals surface area contributed by atoms with E-state index in [9.17, 15) is 5.11 Å². The maximum atomic E-state index is 10.3. The third-order valence-electron chi connectivity index (χ3n) is 3.24. The standard InChI is InChI=1S/C19H14O/c20-19(14-13-15-7-2-1-3-8-15)18-12-6-10-16-9-4-5-11-17(16)18/h1-12,19-20H/t19-/m0/s1. The second kappa shape index (κ2) is 5.61. The molecule has 0 spiro atoms. The van der Waals surface area contributed by atoms with Gasteiger partial charge in [-0.1, -0.05) is 72.5 Å². The fraction of sp³-hybridized carbons (Fsp3) is 0.0526. The molecule has 0 unspecified atom stereocenters. The molecule has 3 aromatic rings. The lowest BCUT2D eigenvalue weighted by atomic mass is 10.0. The van der Waals surface area contributed by atoms with Crippen molar-refractivity contribution in [2.45, 2.75) is 6.10 Å². The van der Waals surface area contributed by atoms with Gasteiger partial charge in [0.1, 0.15) is 6.10 Å². The van der Waals surface area contributed by atoms with Crippen LogP contribution in [0.3, 0.4) is 0 Å². The zero-order valence-corrected chi connectivity index (χ0v) is 11.0. The maximum absolute atomic E-state index is 10.3. The van der Waals surface area contributed by atoms with E-state index in [0.717, 1.165) is 21.9 Å². The van der Waals surface area contributed by atoms with E-state index < -0.39 is 6.10 Å². The van der Waals surface area contributed by atoms with E-state index in [1.54, 1.807) is 0 Å². The van der Waals surface area contributed by atoms with Crippen LogP contribution in [0, 0.1) is 11.8 Å². The first-order chi connectivity index (χ1) is 9.84. The molecule has 0 aliphatic rings. The first-order valence-corrected chi connectivity index (χ1v) is 6.57. The molecule has 0 radical (unpaired) electrons. The molecule has 0 aromatic heterocycles. The van der Waals surface area contributed by atoms with E-state index in [-0.39, 0.29) is 0 Å². The molecule has 1 N–H and O–H groups in total. The minimum atomic E-state index is -0.777. The highest BCUT2D eigenvalue weighted by Crippen LogP contribution is 2.23. The van der Waals surface area contributed by atoms with E-state index in [1.165, 1.54) is 0 Å². The largest absolute Gasteiger partial charge is 0.376 e. The van der Waals surface area contributed by atoms with E-state index in [4.69, 9.17) is 0 Å². The lowest BCUT2D eigenvalue weighted by Crippen LogP contribution is -1.95. The van der Waals surface area contributed by atoms with Crippen LogP contribution in [-0.4, -0.2) is 5.11 Å². The lowest BCUT2D eigenvalue weighted by Gasteiger charge is -2.08. The Hall–Kier alpha value is -2.56. The van der Waals surface area contributed by atoms with Gasteiger partial charge in [-0.2, -0.15) is 0 Å². The van der Waals surface area contributed by atoms with Crippen molar-refractivity contribution in [1.29, 1.82) is 0 Å². The van der Waals surface area contributed by atoms with Crippen LogP contribution in [0.5, 0.6) is 0 Å². The summed E-state index contributed by atoms with van der Waals surface area (Å²) in [6.45, 7) is 0. The monoisotopic (exact) mass is 258 g/mol. The van der Waals surface area contributed by atoms with Crippen LogP contribution in [-0.2, 0) is 0 Å². The average molecular weight is 258 g/mol.